The Morgan fingerprint density at radius 1 is 1.50 bits per heavy atom. The zero-order chi connectivity index (χ0) is 13.2. The molecule has 0 aromatic heterocycles. The highest BCUT2D eigenvalue weighted by Crippen LogP contribution is 2.38. The van der Waals surface area contributed by atoms with E-state index in [-0.39, 0.29) is 12.0 Å². The van der Waals surface area contributed by atoms with Gasteiger partial charge in [0.25, 0.3) is 0 Å². The minimum Gasteiger partial charge on any atom is -0.465 e. The number of rotatable bonds is 3. The minimum atomic E-state index is -0.465. The van der Waals surface area contributed by atoms with Gasteiger partial charge in [-0.15, -0.1) is 0 Å². The maximum absolute atomic E-state index is 11.8. The van der Waals surface area contributed by atoms with Crippen molar-refractivity contribution in [3.05, 3.63) is 35.9 Å². The number of ether oxygens (including phenoxy) is 1. The van der Waals surface area contributed by atoms with E-state index in [9.17, 15) is 4.79 Å². The second-order valence-electron chi connectivity index (χ2n) is 4.71. The van der Waals surface area contributed by atoms with Gasteiger partial charge in [-0.3, -0.25) is 9.63 Å². The number of benzene rings is 1. The lowest BCUT2D eigenvalue weighted by Crippen LogP contribution is -2.33. The van der Waals surface area contributed by atoms with Crippen LogP contribution >= 0.6 is 0 Å². The monoisotopic (exact) mass is 249 g/mol. The third kappa shape index (κ3) is 2.40. The van der Waals surface area contributed by atoms with Crippen LogP contribution in [-0.4, -0.2) is 30.7 Å². The molecule has 0 unspecified atom stereocenters. The van der Waals surface area contributed by atoms with Crippen molar-refractivity contribution in [2.24, 2.45) is 0 Å². The molecule has 0 spiro atoms. The number of carbonyl (C=O) groups is 1. The fourth-order valence-electron chi connectivity index (χ4n) is 2.35. The van der Waals surface area contributed by atoms with Crippen molar-refractivity contribution >= 4 is 5.97 Å². The number of esters is 1. The molecular weight excluding hydrogens is 230 g/mol. The third-order valence-electron chi connectivity index (χ3n) is 3.31. The van der Waals surface area contributed by atoms with Gasteiger partial charge in [0.05, 0.1) is 6.61 Å². The molecule has 1 fully saturated rings. The van der Waals surface area contributed by atoms with Crippen molar-refractivity contribution in [1.82, 2.24) is 5.06 Å². The Hall–Kier alpha value is -1.39. The summed E-state index contributed by atoms with van der Waals surface area (Å²) in [4.78, 5) is 17.7. The van der Waals surface area contributed by atoms with E-state index in [1.54, 1.807) is 12.1 Å². The van der Waals surface area contributed by atoms with E-state index in [1.807, 2.05) is 44.2 Å². The average Bonchev–Trinajstić information content (AvgIpc) is 2.68. The zero-order valence-electron chi connectivity index (χ0n) is 11.1. The SMILES string of the molecule is CCOC(=O)[C@@H]1C[C@](C)(c2ccccc2)ON1C. The number of hydrogen-bond acceptors (Lipinski definition) is 4. The van der Waals surface area contributed by atoms with E-state index in [2.05, 4.69) is 0 Å². The summed E-state index contributed by atoms with van der Waals surface area (Å²) in [5.41, 5.74) is 0.608. The molecule has 18 heavy (non-hydrogen) atoms. The quantitative estimate of drug-likeness (QED) is 0.769. The molecule has 0 saturated carbocycles. The minimum absolute atomic E-state index is 0.223. The van der Waals surface area contributed by atoms with Crippen LogP contribution in [0.5, 0.6) is 0 Å². The van der Waals surface area contributed by atoms with Gasteiger partial charge in [-0.1, -0.05) is 30.3 Å². The Morgan fingerprint density at radius 3 is 2.78 bits per heavy atom. The fraction of sp³-hybridized carbons (Fsp3) is 0.500. The molecule has 0 radical (unpaired) electrons. The molecule has 0 bridgehead atoms. The molecule has 4 nitrogen and oxygen atoms in total. The molecule has 1 heterocycles. The summed E-state index contributed by atoms with van der Waals surface area (Å²) in [5, 5.41) is 1.60. The van der Waals surface area contributed by atoms with E-state index < -0.39 is 5.60 Å². The Morgan fingerprint density at radius 2 is 2.17 bits per heavy atom. The van der Waals surface area contributed by atoms with Crippen LogP contribution in [0.3, 0.4) is 0 Å². The Bertz CT molecular complexity index is 420. The van der Waals surface area contributed by atoms with Gasteiger partial charge in [-0.05, 0) is 19.4 Å². The Kier molecular flexibility index (Phi) is 3.68. The maximum atomic E-state index is 11.8. The van der Waals surface area contributed by atoms with Gasteiger partial charge >= 0.3 is 5.97 Å². The normalized spacial score (nSPS) is 28.3. The first-order chi connectivity index (χ1) is 8.57. The predicted molar refractivity (Wildman–Crippen MR) is 67.7 cm³/mol. The van der Waals surface area contributed by atoms with E-state index in [4.69, 9.17) is 9.57 Å². The Balaban J connectivity index is 2.17. The van der Waals surface area contributed by atoms with Gasteiger partial charge < -0.3 is 4.74 Å². The number of hydroxylamine groups is 2. The second kappa shape index (κ2) is 5.08. The van der Waals surface area contributed by atoms with Gasteiger partial charge in [0.15, 0.2) is 0 Å². The van der Waals surface area contributed by atoms with Crippen molar-refractivity contribution in [2.45, 2.75) is 31.9 Å². The largest absolute Gasteiger partial charge is 0.465 e. The lowest BCUT2D eigenvalue weighted by molar-refractivity contribution is -0.195. The summed E-state index contributed by atoms with van der Waals surface area (Å²) >= 11 is 0. The van der Waals surface area contributed by atoms with E-state index in [0.717, 1.165) is 5.56 Å². The molecular formula is C14H19NO3. The van der Waals surface area contributed by atoms with Crippen molar-refractivity contribution < 1.29 is 14.4 Å². The number of hydrogen-bond donors (Lipinski definition) is 0. The topological polar surface area (TPSA) is 38.8 Å². The molecule has 1 aliphatic rings. The number of likely N-dealkylation sites (N-methyl/N-ethyl adjacent to an activating group) is 1. The van der Waals surface area contributed by atoms with Crippen LogP contribution < -0.4 is 0 Å². The van der Waals surface area contributed by atoms with E-state index >= 15 is 0 Å². The van der Waals surface area contributed by atoms with Crippen molar-refractivity contribution in [2.75, 3.05) is 13.7 Å². The first kappa shape index (κ1) is 13.1. The molecule has 0 amide bonds. The summed E-state index contributed by atoms with van der Waals surface area (Å²) in [6, 6.07) is 9.61. The smallest absolute Gasteiger partial charge is 0.325 e. The highest BCUT2D eigenvalue weighted by molar-refractivity contribution is 5.76. The molecule has 1 aromatic carbocycles. The molecule has 2 rings (SSSR count). The molecule has 1 aromatic rings. The highest BCUT2D eigenvalue weighted by atomic mass is 16.7. The van der Waals surface area contributed by atoms with E-state index in [0.29, 0.717) is 13.0 Å². The van der Waals surface area contributed by atoms with Crippen LogP contribution in [0.25, 0.3) is 0 Å². The lowest BCUT2D eigenvalue weighted by Gasteiger charge is -2.23. The van der Waals surface area contributed by atoms with Gasteiger partial charge in [-0.25, -0.2) is 0 Å². The van der Waals surface area contributed by atoms with Gasteiger partial charge in [0, 0.05) is 13.5 Å². The first-order valence-electron chi connectivity index (χ1n) is 6.21. The maximum Gasteiger partial charge on any atom is 0.325 e. The highest BCUT2D eigenvalue weighted by Gasteiger charge is 2.45. The van der Waals surface area contributed by atoms with Crippen LogP contribution in [0.2, 0.25) is 0 Å². The molecule has 0 aliphatic carbocycles. The standard InChI is InChI=1S/C14H19NO3/c1-4-17-13(16)12-10-14(2,18-15(12)3)11-8-6-5-7-9-11/h5-9,12H,4,10H2,1-3H3/t12-,14+/m0/s1. The van der Waals surface area contributed by atoms with Crippen molar-refractivity contribution in [3.8, 4) is 0 Å². The molecule has 4 heteroatoms. The van der Waals surface area contributed by atoms with Crippen LogP contribution in [-0.2, 0) is 20.0 Å². The zero-order valence-corrected chi connectivity index (χ0v) is 11.1. The van der Waals surface area contributed by atoms with Crippen LogP contribution in [0.15, 0.2) is 30.3 Å². The Labute approximate surface area is 107 Å². The van der Waals surface area contributed by atoms with Crippen molar-refractivity contribution in [3.63, 3.8) is 0 Å². The van der Waals surface area contributed by atoms with Gasteiger partial charge in [-0.2, -0.15) is 5.06 Å². The number of nitrogens with zero attached hydrogens (tertiary/aromatic N) is 1. The number of carbonyl (C=O) groups excluding carboxylic acids is 1. The molecule has 1 aliphatic heterocycles. The molecule has 1 saturated heterocycles. The van der Waals surface area contributed by atoms with Crippen LogP contribution in [0.4, 0.5) is 0 Å². The summed E-state index contributed by atoms with van der Waals surface area (Å²) in [7, 11) is 1.77. The molecule has 98 valence electrons. The molecule has 0 N–H and O–H groups in total. The second-order valence-corrected chi connectivity index (χ2v) is 4.71. The predicted octanol–water partition coefficient (Wildman–Crippen LogP) is 2.10. The third-order valence-corrected chi connectivity index (χ3v) is 3.31. The van der Waals surface area contributed by atoms with Crippen LogP contribution in [0.1, 0.15) is 25.8 Å². The first-order valence-corrected chi connectivity index (χ1v) is 6.21. The van der Waals surface area contributed by atoms with E-state index in [1.165, 1.54) is 0 Å². The summed E-state index contributed by atoms with van der Waals surface area (Å²) in [5.74, 6) is -0.223. The van der Waals surface area contributed by atoms with Gasteiger partial charge in [0.1, 0.15) is 11.6 Å². The fourth-order valence-corrected chi connectivity index (χ4v) is 2.35. The van der Waals surface area contributed by atoms with Gasteiger partial charge in [0.2, 0.25) is 0 Å². The molecule has 2 atom stereocenters. The van der Waals surface area contributed by atoms with Crippen molar-refractivity contribution in [1.29, 1.82) is 0 Å². The lowest BCUT2D eigenvalue weighted by atomic mass is 9.90. The summed E-state index contributed by atoms with van der Waals surface area (Å²) in [6.07, 6.45) is 0.604. The average molecular weight is 249 g/mol. The summed E-state index contributed by atoms with van der Waals surface area (Å²) in [6.45, 7) is 4.20. The summed E-state index contributed by atoms with van der Waals surface area (Å²) < 4.78 is 5.06. The van der Waals surface area contributed by atoms with Crippen LogP contribution in [0, 0.1) is 0 Å².